The molecule has 0 spiro atoms. The molecule has 64 valence electrons. The number of hydrogen-bond donors (Lipinski definition) is 1. The number of nitrogens with one attached hydrogen (secondary N) is 1. The average Bonchev–Trinajstić information content (AvgIpc) is 2.58. The maximum Gasteiger partial charge on any atom is 0.133 e. The second-order valence-corrected chi connectivity index (χ2v) is 3.50. The number of hydrogen-bond acceptors (Lipinski definition) is 2. The van der Waals surface area contributed by atoms with Crippen LogP contribution >= 0.6 is 11.8 Å². The van der Waals surface area contributed by atoms with Crippen molar-refractivity contribution in [2.24, 2.45) is 0 Å². The molecule has 0 unspecified atom stereocenters. The molecule has 1 aromatic carbocycles. The van der Waals surface area contributed by atoms with Gasteiger partial charge < -0.3 is 4.98 Å². The summed E-state index contributed by atoms with van der Waals surface area (Å²) in [7, 11) is 0. The molecule has 0 bridgehead atoms. The van der Waals surface area contributed by atoms with Crippen LogP contribution in [-0.4, -0.2) is 4.98 Å². The van der Waals surface area contributed by atoms with Crippen molar-refractivity contribution in [1.29, 1.82) is 5.26 Å². The minimum absolute atomic E-state index is 0.751. The summed E-state index contributed by atoms with van der Waals surface area (Å²) in [5.41, 5.74) is 2.33. The fraction of sp³-hybridized carbons (Fsp3) is 0.100. The van der Waals surface area contributed by atoms with Crippen LogP contribution in [0.2, 0.25) is 0 Å². The van der Waals surface area contributed by atoms with E-state index in [1.165, 1.54) is 22.7 Å². The average molecular weight is 188 g/mol. The zero-order valence-corrected chi connectivity index (χ0v) is 7.77. The first-order valence-corrected chi connectivity index (χ1v) is 4.96. The third-order valence-electron chi connectivity index (χ3n) is 1.97. The zero-order chi connectivity index (χ0) is 9.10. The first kappa shape index (κ1) is 8.21. The minimum atomic E-state index is 0.751. The van der Waals surface area contributed by atoms with Gasteiger partial charge in [0, 0.05) is 22.9 Å². The van der Waals surface area contributed by atoms with Crippen LogP contribution in [0.25, 0.3) is 10.9 Å². The van der Waals surface area contributed by atoms with Gasteiger partial charge in [0.1, 0.15) is 5.40 Å². The number of fused-ring (bicyclic) bond motifs is 1. The highest BCUT2D eigenvalue weighted by Crippen LogP contribution is 2.21. The third kappa shape index (κ3) is 1.53. The number of nitrogens with zero attached hydrogens (tertiary/aromatic N) is 1. The van der Waals surface area contributed by atoms with Crippen molar-refractivity contribution in [3.8, 4) is 5.40 Å². The molecule has 2 rings (SSSR count). The molecule has 0 amide bonds. The summed E-state index contributed by atoms with van der Waals surface area (Å²) in [6.07, 6.45) is 1.97. The summed E-state index contributed by atoms with van der Waals surface area (Å²) in [5, 5.41) is 11.7. The van der Waals surface area contributed by atoms with Gasteiger partial charge in [-0.25, -0.2) is 0 Å². The van der Waals surface area contributed by atoms with Crippen LogP contribution in [-0.2, 0) is 5.75 Å². The second-order valence-electron chi connectivity index (χ2n) is 2.74. The van der Waals surface area contributed by atoms with E-state index in [0.29, 0.717) is 0 Å². The van der Waals surface area contributed by atoms with Gasteiger partial charge in [-0.2, -0.15) is 5.26 Å². The molecule has 0 aliphatic carbocycles. The molecule has 3 heteroatoms. The predicted octanol–water partition coefficient (Wildman–Crippen LogP) is 2.88. The lowest BCUT2D eigenvalue weighted by Gasteiger charge is -1.92. The van der Waals surface area contributed by atoms with Crippen molar-refractivity contribution in [1.82, 2.24) is 4.98 Å². The van der Waals surface area contributed by atoms with Crippen LogP contribution in [0.3, 0.4) is 0 Å². The second kappa shape index (κ2) is 3.55. The smallest absolute Gasteiger partial charge is 0.133 e. The number of aromatic nitrogens is 1. The van der Waals surface area contributed by atoms with E-state index < -0.39 is 0 Å². The van der Waals surface area contributed by atoms with Crippen LogP contribution in [0.4, 0.5) is 0 Å². The molecule has 2 aromatic rings. The maximum atomic E-state index is 8.44. The van der Waals surface area contributed by atoms with Gasteiger partial charge in [-0.3, -0.25) is 0 Å². The highest BCUT2D eigenvalue weighted by Gasteiger charge is 2.01. The fourth-order valence-electron chi connectivity index (χ4n) is 1.36. The Morgan fingerprint density at radius 1 is 1.38 bits per heavy atom. The highest BCUT2D eigenvalue weighted by molar-refractivity contribution is 8.02. The van der Waals surface area contributed by atoms with Crippen molar-refractivity contribution >= 4 is 22.7 Å². The molecule has 0 saturated heterocycles. The first-order chi connectivity index (χ1) is 6.42. The predicted molar refractivity (Wildman–Crippen MR) is 55.2 cm³/mol. The molecule has 2 nitrogen and oxygen atoms in total. The number of benzene rings is 1. The molecule has 0 aliphatic heterocycles. The lowest BCUT2D eigenvalue weighted by atomic mass is 10.2. The van der Waals surface area contributed by atoms with Crippen molar-refractivity contribution in [3.63, 3.8) is 0 Å². The Morgan fingerprint density at radius 2 is 2.23 bits per heavy atom. The number of H-pyrrole nitrogens is 1. The largest absolute Gasteiger partial charge is 0.361 e. The summed E-state index contributed by atoms with van der Waals surface area (Å²) < 4.78 is 0. The van der Waals surface area contributed by atoms with Gasteiger partial charge in [0.15, 0.2) is 0 Å². The molecular formula is C10H8N2S. The molecule has 0 atom stereocenters. The van der Waals surface area contributed by atoms with Crippen LogP contribution in [0.5, 0.6) is 0 Å². The standard InChI is InChI=1S/C10H8N2S/c11-7-13-6-8-5-12-10-4-2-1-3-9(8)10/h1-5,12H,6H2. The van der Waals surface area contributed by atoms with Crippen LogP contribution in [0.1, 0.15) is 5.56 Å². The number of rotatable bonds is 2. The van der Waals surface area contributed by atoms with Gasteiger partial charge in [0.05, 0.1) is 0 Å². The van der Waals surface area contributed by atoms with E-state index in [9.17, 15) is 0 Å². The molecule has 13 heavy (non-hydrogen) atoms. The van der Waals surface area contributed by atoms with Gasteiger partial charge in [-0.15, -0.1) is 0 Å². The van der Waals surface area contributed by atoms with E-state index in [4.69, 9.17) is 5.26 Å². The Bertz CT molecular complexity index is 453. The number of para-hydroxylation sites is 1. The number of aromatic amines is 1. The molecule has 0 saturated carbocycles. The quantitative estimate of drug-likeness (QED) is 0.736. The first-order valence-electron chi connectivity index (χ1n) is 3.97. The summed E-state index contributed by atoms with van der Waals surface area (Å²) in [5.74, 6) is 0.751. The van der Waals surface area contributed by atoms with E-state index in [1.54, 1.807) is 0 Å². The monoisotopic (exact) mass is 188 g/mol. The van der Waals surface area contributed by atoms with E-state index in [-0.39, 0.29) is 0 Å². The highest BCUT2D eigenvalue weighted by atomic mass is 32.2. The van der Waals surface area contributed by atoms with Gasteiger partial charge in [-0.05, 0) is 23.4 Å². The number of thioether (sulfide) groups is 1. The van der Waals surface area contributed by atoms with Gasteiger partial charge in [-0.1, -0.05) is 18.2 Å². The van der Waals surface area contributed by atoms with Crippen LogP contribution in [0.15, 0.2) is 30.5 Å². The van der Waals surface area contributed by atoms with E-state index in [1.807, 2.05) is 24.4 Å². The Balaban J connectivity index is 2.41. The van der Waals surface area contributed by atoms with Gasteiger partial charge >= 0.3 is 0 Å². The zero-order valence-electron chi connectivity index (χ0n) is 6.95. The molecule has 0 aliphatic rings. The number of thiocyanates is 1. The summed E-state index contributed by atoms with van der Waals surface area (Å²) >= 11 is 1.27. The van der Waals surface area contributed by atoms with Crippen LogP contribution < -0.4 is 0 Å². The van der Waals surface area contributed by atoms with Crippen molar-refractivity contribution in [2.75, 3.05) is 0 Å². The summed E-state index contributed by atoms with van der Waals surface area (Å²) in [6.45, 7) is 0. The minimum Gasteiger partial charge on any atom is -0.361 e. The molecule has 1 N–H and O–H groups in total. The summed E-state index contributed by atoms with van der Waals surface area (Å²) in [6, 6.07) is 8.12. The lowest BCUT2D eigenvalue weighted by Crippen LogP contribution is -1.73. The van der Waals surface area contributed by atoms with Crippen LogP contribution in [0, 0.1) is 10.7 Å². The number of nitriles is 1. The Labute approximate surface area is 80.6 Å². The lowest BCUT2D eigenvalue weighted by molar-refractivity contribution is 1.40. The van der Waals surface area contributed by atoms with Crippen molar-refractivity contribution in [2.45, 2.75) is 5.75 Å². The van der Waals surface area contributed by atoms with E-state index in [0.717, 1.165) is 11.3 Å². The fourth-order valence-corrected chi connectivity index (χ4v) is 1.82. The van der Waals surface area contributed by atoms with Crippen molar-refractivity contribution in [3.05, 3.63) is 36.0 Å². The third-order valence-corrected chi connectivity index (χ3v) is 2.55. The molecule has 1 aromatic heterocycles. The Morgan fingerprint density at radius 3 is 3.08 bits per heavy atom. The van der Waals surface area contributed by atoms with E-state index >= 15 is 0 Å². The Kier molecular flexibility index (Phi) is 2.24. The summed E-state index contributed by atoms with van der Waals surface area (Å²) in [4.78, 5) is 3.17. The van der Waals surface area contributed by atoms with Gasteiger partial charge in [0.2, 0.25) is 0 Å². The molecule has 0 fully saturated rings. The maximum absolute atomic E-state index is 8.44. The topological polar surface area (TPSA) is 39.6 Å². The van der Waals surface area contributed by atoms with Gasteiger partial charge in [0.25, 0.3) is 0 Å². The SMILES string of the molecule is N#CSCc1c[nH]c2ccccc12. The molecular weight excluding hydrogens is 180 g/mol. The van der Waals surface area contributed by atoms with E-state index in [2.05, 4.69) is 16.5 Å². The normalized spacial score (nSPS) is 10.1. The molecule has 1 heterocycles. The molecule has 0 radical (unpaired) electrons. The Hall–Kier alpha value is -1.40. The van der Waals surface area contributed by atoms with Crippen molar-refractivity contribution < 1.29 is 0 Å².